The Hall–Kier alpha value is -2.67. The number of amides is 1. The molecule has 122 valence electrons. The Bertz CT molecular complexity index is 865. The molecule has 1 aromatic carbocycles. The standard InChI is InChI=1S/C17H15N3O3S/c1-22-12-6-4-10(5-7-12)15(21)18-13-8-9-24-14(13)17-20-19-16(23-17)11-2-3-11/h4-9,11H,2-3H2,1H3,(H,18,21). The van der Waals surface area contributed by atoms with Gasteiger partial charge >= 0.3 is 0 Å². The third-order valence-corrected chi connectivity index (χ3v) is 4.73. The Morgan fingerprint density at radius 1 is 1.25 bits per heavy atom. The second kappa shape index (κ2) is 6.09. The number of hydrogen-bond donors (Lipinski definition) is 1. The van der Waals surface area contributed by atoms with Crippen molar-refractivity contribution in [2.24, 2.45) is 0 Å². The van der Waals surface area contributed by atoms with Crippen LogP contribution in [0.2, 0.25) is 0 Å². The molecule has 0 aliphatic heterocycles. The molecule has 1 aliphatic carbocycles. The van der Waals surface area contributed by atoms with Crippen molar-refractivity contribution in [3.63, 3.8) is 0 Å². The van der Waals surface area contributed by atoms with Crippen molar-refractivity contribution in [3.05, 3.63) is 47.2 Å². The smallest absolute Gasteiger partial charge is 0.259 e. The summed E-state index contributed by atoms with van der Waals surface area (Å²) in [5.74, 6) is 2.06. The molecular formula is C17H15N3O3S. The van der Waals surface area contributed by atoms with Gasteiger partial charge < -0.3 is 14.5 Å². The fraction of sp³-hybridized carbons (Fsp3) is 0.235. The van der Waals surface area contributed by atoms with Gasteiger partial charge in [0.2, 0.25) is 5.89 Å². The largest absolute Gasteiger partial charge is 0.497 e. The van der Waals surface area contributed by atoms with Crippen LogP contribution in [0.15, 0.2) is 40.1 Å². The maximum Gasteiger partial charge on any atom is 0.259 e. The Labute approximate surface area is 142 Å². The van der Waals surface area contributed by atoms with E-state index in [0.717, 1.165) is 17.7 Å². The number of nitrogens with one attached hydrogen (secondary N) is 1. The van der Waals surface area contributed by atoms with E-state index in [9.17, 15) is 4.79 Å². The second-order valence-corrected chi connectivity index (χ2v) is 6.48. The average Bonchev–Trinajstić information content (AvgIpc) is 3.17. The minimum Gasteiger partial charge on any atom is -0.497 e. The molecule has 0 bridgehead atoms. The second-order valence-electron chi connectivity index (χ2n) is 5.57. The molecule has 3 aromatic rings. The van der Waals surface area contributed by atoms with Gasteiger partial charge in [-0.3, -0.25) is 4.79 Å². The summed E-state index contributed by atoms with van der Waals surface area (Å²) in [6, 6.07) is 8.78. The molecule has 1 fully saturated rings. The van der Waals surface area contributed by atoms with Crippen molar-refractivity contribution in [2.45, 2.75) is 18.8 Å². The van der Waals surface area contributed by atoms with Crippen molar-refractivity contribution in [1.82, 2.24) is 10.2 Å². The zero-order valence-corrected chi connectivity index (χ0v) is 13.8. The number of rotatable bonds is 5. The van der Waals surface area contributed by atoms with Crippen LogP contribution >= 0.6 is 11.3 Å². The predicted molar refractivity (Wildman–Crippen MR) is 90.5 cm³/mol. The van der Waals surface area contributed by atoms with Crippen molar-refractivity contribution in [2.75, 3.05) is 12.4 Å². The van der Waals surface area contributed by atoms with E-state index >= 15 is 0 Å². The van der Waals surface area contributed by atoms with Gasteiger partial charge in [0.15, 0.2) is 0 Å². The first kappa shape index (κ1) is 14.9. The summed E-state index contributed by atoms with van der Waals surface area (Å²) in [5.41, 5.74) is 1.23. The molecule has 0 spiro atoms. The van der Waals surface area contributed by atoms with Gasteiger partial charge in [-0.1, -0.05) is 0 Å². The highest BCUT2D eigenvalue weighted by Gasteiger charge is 2.30. The van der Waals surface area contributed by atoms with Crippen molar-refractivity contribution in [3.8, 4) is 16.5 Å². The summed E-state index contributed by atoms with van der Waals surface area (Å²) in [7, 11) is 1.59. The highest BCUT2D eigenvalue weighted by molar-refractivity contribution is 7.14. The molecule has 1 aliphatic rings. The van der Waals surface area contributed by atoms with E-state index in [1.165, 1.54) is 11.3 Å². The summed E-state index contributed by atoms with van der Waals surface area (Å²) < 4.78 is 10.8. The van der Waals surface area contributed by atoms with Crippen LogP contribution in [-0.2, 0) is 0 Å². The van der Waals surface area contributed by atoms with E-state index in [4.69, 9.17) is 9.15 Å². The minimum atomic E-state index is -0.195. The molecule has 2 aromatic heterocycles. The number of carbonyl (C=O) groups is 1. The zero-order valence-electron chi connectivity index (χ0n) is 13.0. The fourth-order valence-corrected chi connectivity index (χ4v) is 3.10. The zero-order chi connectivity index (χ0) is 16.5. The fourth-order valence-electron chi connectivity index (χ4n) is 2.33. The summed E-state index contributed by atoms with van der Waals surface area (Å²) in [6.07, 6.45) is 2.21. The lowest BCUT2D eigenvalue weighted by molar-refractivity contribution is 0.102. The predicted octanol–water partition coefficient (Wildman–Crippen LogP) is 3.94. The van der Waals surface area contributed by atoms with Gasteiger partial charge in [-0.25, -0.2) is 0 Å². The molecule has 1 amide bonds. The number of thiophene rings is 1. The van der Waals surface area contributed by atoms with E-state index in [0.29, 0.717) is 34.7 Å². The molecule has 0 unspecified atom stereocenters. The SMILES string of the molecule is COc1ccc(C(=O)Nc2ccsc2-c2nnc(C3CC3)o2)cc1. The normalized spacial score (nSPS) is 13.7. The van der Waals surface area contributed by atoms with Crippen LogP contribution in [0.4, 0.5) is 5.69 Å². The molecule has 6 nitrogen and oxygen atoms in total. The lowest BCUT2D eigenvalue weighted by Crippen LogP contribution is -2.11. The number of methoxy groups -OCH3 is 1. The van der Waals surface area contributed by atoms with Gasteiger partial charge in [0.05, 0.1) is 12.8 Å². The van der Waals surface area contributed by atoms with Crippen LogP contribution in [0, 0.1) is 0 Å². The highest BCUT2D eigenvalue weighted by Crippen LogP contribution is 2.41. The highest BCUT2D eigenvalue weighted by atomic mass is 32.1. The Balaban J connectivity index is 1.54. The Morgan fingerprint density at radius 3 is 2.75 bits per heavy atom. The Morgan fingerprint density at radius 2 is 2.04 bits per heavy atom. The molecule has 1 saturated carbocycles. The first-order valence-corrected chi connectivity index (χ1v) is 8.49. The molecule has 4 rings (SSSR count). The topological polar surface area (TPSA) is 77.2 Å². The number of carbonyl (C=O) groups excluding carboxylic acids is 1. The van der Waals surface area contributed by atoms with Crippen LogP contribution in [0.1, 0.15) is 35.0 Å². The van der Waals surface area contributed by atoms with E-state index in [2.05, 4.69) is 15.5 Å². The maximum absolute atomic E-state index is 12.4. The summed E-state index contributed by atoms with van der Waals surface area (Å²) >= 11 is 1.46. The molecule has 1 N–H and O–H groups in total. The van der Waals surface area contributed by atoms with Gasteiger partial charge in [0, 0.05) is 11.5 Å². The monoisotopic (exact) mass is 341 g/mol. The summed E-state index contributed by atoms with van der Waals surface area (Å²) in [4.78, 5) is 13.2. The van der Waals surface area contributed by atoms with E-state index in [1.54, 1.807) is 31.4 Å². The van der Waals surface area contributed by atoms with Crippen LogP contribution < -0.4 is 10.1 Å². The Kier molecular flexibility index (Phi) is 3.78. The van der Waals surface area contributed by atoms with Gasteiger partial charge in [0.25, 0.3) is 11.8 Å². The van der Waals surface area contributed by atoms with Crippen molar-refractivity contribution < 1.29 is 13.9 Å². The number of nitrogens with zero attached hydrogens (tertiary/aromatic N) is 2. The van der Waals surface area contributed by atoms with Gasteiger partial charge in [0.1, 0.15) is 10.6 Å². The van der Waals surface area contributed by atoms with E-state index in [-0.39, 0.29) is 5.91 Å². The lowest BCUT2D eigenvalue weighted by atomic mass is 10.2. The minimum absolute atomic E-state index is 0.195. The maximum atomic E-state index is 12.4. The molecule has 0 saturated heterocycles. The van der Waals surface area contributed by atoms with E-state index < -0.39 is 0 Å². The molecule has 7 heteroatoms. The third kappa shape index (κ3) is 2.90. The van der Waals surface area contributed by atoms with Crippen LogP contribution in [0.5, 0.6) is 5.75 Å². The molecule has 24 heavy (non-hydrogen) atoms. The number of anilines is 1. The van der Waals surface area contributed by atoms with Crippen molar-refractivity contribution >= 4 is 22.9 Å². The lowest BCUT2D eigenvalue weighted by Gasteiger charge is -2.05. The first-order chi connectivity index (χ1) is 11.7. The van der Waals surface area contributed by atoms with Gasteiger partial charge in [-0.2, -0.15) is 0 Å². The van der Waals surface area contributed by atoms with Crippen molar-refractivity contribution in [1.29, 1.82) is 0 Å². The molecule has 2 heterocycles. The third-order valence-electron chi connectivity index (χ3n) is 3.83. The molecule has 0 radical (unpaired) electrons. The van der Waals surface area contributed by atoms with Crippen LogP contribution in [-0.4, -0.2) is 23.2 Å². The number of benzene rings is 1. The van der Waals surface area contributed by atoms with Crippen LogP contribution in [0.25, 0.3) is 10.8 Å². The summed E-state index contributed by atoms with van der Waals surface area (Å²) in [6.45, 7) is 0. The first-order valence-electron chi connectivity index (χ1n) is 7.61. The van der Waals surface area contributed by atoms with Gasteiger partial charge in [-0.05, 0) is 48.6 Å². The number of aromatic nitrogens is 2. The summed E-state index contributed by atoms with van der Waals surface area (Å²) in [5, 5.41) is 13.0. The number of hydrogen-bond acceptors (Lipinski definition) is 6. The average molecular weight is 341 g/mol. The number of ether oxygens (including phenoxy) is 1. The van der Waals surface area contributed by atoms with E-state index in [1.807, 2.05) is 11.4 Å². The molecular weight excluding hydrogens is 326 g/mol. The van der Waals surface area contributed by atoms with Gasteiger partial charge in [-0.15, -0.1) is 21.5 Å². The van der Waals surface area contributed by atoms with Crippen LogP contribution in [0.3, 0.4) is 0 Å². The molecule has 0 atom stereocenters. The quantitative estimate of drug-likeness (QED) is 0.760.